The van der Waals surface area contributed by atoms with E-state index in [9.17, 15) is 9.90 Å². The zero-order chi connectivity index (χ0) is 13.5. The molecule has 0 radical (unpaired) electrons. The number of benzene rings is 1. The van der Waals surface area contributed by atoms with Crippen LogP contribution in [0.3, 0.4) is 0 Å². The van der Waals surface area contributed by atoms with Gasteiger partial charge in [-0.3, -0.25) is 4.79 Å². The zero-order valence-corrected chi connectivity index (χ0v) is 11.4. The van der Waals surface area contributed by atoms with E-state index in [1.807, 2.05) is 26.0 Å². The van der Waals surface area contributed by atoms with Crippen molar-refractivity contribution in [3.05, 3.63) is 23.8 Å². The molecule has 18 heavy (non-hydrogen) atoms. The number of aromatic hydroxyl groups is 1. The third-order valence-corrected chi connectivity index (χ3v) is 2.98. The number of rotatable bonds is 7. The van der Waals surface area contributed by atoms with Gasteiger partial charge in [0.15, 0.2) is 11.5 Å². The third-order valence-electron chi connectivity index (χ3n) is 2.98. The van der Waals surface area contributed by atoms with Crippen molar-refractivity contribution in [2.24, 2.45) is 5.92 Å². The number of carbonyl (C=O) groups excluding carboxylic acids is 1. The summed E-state index contributed by atoms with van der Waals surface area (Å²) in [6, 6.07) is 5.46. The molecule has 1 N–H and O–H groups in total. The molecule has 0 aliphatic carbocycles. The van der Waals surface area contributed by atoms with Gasteiger partial charge >= 0.3 is 0 Å². The van der Waals surface area contributed by atoms with Crippen LogP contribution in [0, 0.1) is 5.92 Å². The van der Waals surface area contributed by atoms with Crippen molar-refractivity contribution in [2.75, 3.05) is 7.11 Å². The Morgan fingerprint density at radius 1 is 1.44 bits per heavy atom. The average molecular weight is 250 g/mol. The molecule has 1 aromatic carbocycles. The van der Waals surface area contributed by atoms with Gasteiger partial charge in [-0.15, -0.1) is 0 Å². The molecule has 0 saturated heterocycles. The molecule has 0 fully saturated rings. The normalized spacial score (nSPS) is 12.2. The molecule has 0 saturated carbocycles. The van der Waals surface area contributed by atoms with Crippen molar-refractivity contribution in [2.45, 2.75) is 39.5 Å². The summed E-state index contributed by atoms with van der Waals surface area (Å²) in [6.45, 7) is 4.04. The second-order valence-electron chi connectivity index (χ2n) is 4.77. The van der Waals surface area contributed by atoms with Crippen LogP contribution in [-0.4, -0.2) is 18.0 Å². The monoisotopic (exact) mass is 250 g/mol. The van der Waals surface area contributed by atoms with Crippen LogP contribution in [0.1, 0.15) is 38.7 Å². The van der Waals surface area contributed by atoms with Crippen molar-refractivity contribution in [1.82, 2.24) is 0 Å². The molecule has 3 heteroatoms. The molecule has 0 aliphatic rings. The van der Waals surface area contributed by atoms with Crippen LogP contribution in [-0.2, 0) is 11.2 Å². The van der Waals surface area contributed by atoms with Gasteiger partial charge in [0, 0.05) is 12.8 Å². The Balaban J connectivity index is 2.64. The van der Waals surface area contributed by atoms with Crippen LogP contribution in [0.15, 0.2) is 18.2 Å². The minimum atomic E-state index is 0.190. The molecule has 3 nitrogen and oxygen atoms in total. The molecule has 1 unspecified atom stereocenters. The number of ether oxygens (including phenoxy) is 1. The van der Waals surface area contributed by atoms with Crippen LogP contribution < -0.4 is 4.74 Å². The van der Waals surface area contributed by atoms with E-state index in [1.54, 1.807) is 6.07 Å². The maximum Gasteiger partial charge on any atom is 0.160 e. The van der Waals surface area contributed by atoms with Crippen LogP contribution in [0.5, 0.6) is 11.5 Å². The largest absolute Gasteiger partial charge is 0.504 e. The molecular formula is C15H22O3. The Morgan fingerprint density at radius 2 is 2.17 bits per heavy atom. The summed E-state index contributed by atoms with van der Waals surface area (Å²) < 4.78 is 5.07. The fourth-order valence-corrected chi connectivity index (χ4v) is 2.11. The van der Waals surface area contributed by atoms with Crippen LogP contribution in [0.4, 0.5) is 0 Å². The Labute approximate surface area is 109 Å². The predicted molar refractivity (Wildman–Crippen MR) is 72.1 cm³/mol. The summed E-state index contributed by atoms with van der Waals surface area (Å²) in [7, 11) is 1.53. The number of phenols is 1. The van der Waals surface area contributed by atoms with E-state index >= 15 is 0 Å². The van der Waals surface area contributed by atoms with Crippen LogP contribution in [0.2, 0.25) is 0 Å². The standard InChI is InChI=1S/C15H22O3/c1-4-6-13(16)10-11(2)9-12-7-5-8-14(18-3)15(12)17/h5,7-8,11,17H,4,6,9-10H2,1-3H3. The maximum atomic E-state index is 11.6. The van der Waals surface area contributed by atoms with E-state index < -0.39 is 0 Å². The molecule has 0 aromatic heterocycles. The molecule has 1 atom stereocenters. The number of hydrogen-bond donors (Lipinski definition) is 1. The fraction of sp³-hybridized carbons (Fsp3) is 0.533. The van der Waals surface area contributed by atoms with Gasteiger partial charge in [-0.2, -0.15) is 0 Å². The van der Waals surface area contributed by atoms with E-state index in [0.29, 0.717) is 30.8 Å². The van der Waals surface area contributed by atoms with Gasteiger partial charge in [-0.1, -0.05) is 26.0 Å². The Bertz CT molecular complexity index is 399. The summed E-state index contributed by atoms with van der Waals surface area (Å²) in [4.78, 5) is 11.6. The summed E-state index contributed by atoms with van der Waals surface area (Å²) in [5, 5.41) is 9.97. The molecule has 0 bridgehead atoms. The number of Topliss-reactive ketones (excluding diaryl/α,β-unsaturated/α-hetero) is 1. The van der Waals surface area contributed by atoms with E-state index in [1.165, 1.54) is 7.11 Å². The lowest BCUT2D eigenvalue weighted by Crippen LogP contribution is -2.08. The lowest BCUT2D eigenvalue weighted by Gasteiger charge is -2.13. The number of para-hydroxylation sites is 1. The van der Waals surface area contributed by atoms with Crippen molar-refractivity contribution < 1.29 is 14.6 Å². The number of phenolic OH excluding ortho intramolecular Hbond substituents is 1. The van der Waals surface area contributed by atoms with Crippen molar-refractivity contribution >= 4 is 5.78 Å². The van der Waals surface area contributed by atoms with E-state index in [2.05, 4.69) is 0 Å². The molecular weight excluding hydrogens is 228 g/mol. The summed E-state index contributed by atoms with van der Waals surface area (Å²) in [5.74, 6) is 1.21. The first kappa shape index (κ1) is 14.6. The molecule has 100 valence electrons. The topological polar surface area (TPSA) is 46.5 Å². The van der Waals surface area contributed by atoms with Gasteiger partial charge in [0.25, 0.3) is 0 Å². The molecule has 1 rings (SSSR count). The summed E-state index contributed by atoms with van der Waals surface area (Å²) in [6.07, 6.45) is 2.81. The lowest BCUT2D eigenvalue weighted by atomic mass is 9.94. The highest BCUT2D eigenvalue weighted by Gasteiger charge is 2.13. The van der Waals surface area contributed by atoms with Crippen LogP contribution in [0.25, 0.3) is 0 Å². The highest BCUT2D eigenvalue weighted by Crippen LogP contribution is 2.31. The molecule has 0 spiro atoms. The average Bonchev–Trinajstić information content (AvgIpc) is 2.32. The third kappa shape index (κ3) is 4.06. The zero-order valence-electron chi connectivity index (χ0n) is 11.4. The smallest absolute Gasteiger partial charge is 0.160 e. The second kappa shape index (κ2) is 7.04. The lowest BCUT2D eigenvalue weighted by molar-refractivity contribution is -0.119. The Morgan fingerprint density at radius 3 is 2.78 bits per heavy atom. The SMILES string of the molecule is CCCC(=O)CC(C)Cc1cccc(OC)c1O. The Kier molecular flexibility index (Phi) is 5.69. The fourth-order valence-electron chi connectivity index (χ4n) is 2.11. The van der Waals surface area contributed by atoms with E-state index in [0.717, 1.165) is 12.0 Å². The van der Waals surface area contributed by atoms with Gasteiger partial charge in [0.2, 0.25) is 0 Å². The maximum absolute atomic E-state index is 11.6. The highest BCUT2D eigenvalue weighted by atomic mass is 16.5. The molecule has 0 aliphatic heterocycles. The highest BCUT2D eigenvalue weighted by molar-refractivity contribution is 5.78. The second-order valence-corrected chi connectivity index (χ2v) is 4.77. The van der Waals surface area contributed by atoms with Crippen LogP contribution >= 0.6 is 0 Å². The molecule has 1 aromatic rings. The van der Waals surface area contributed by atoms with Gasteiger partial charge < -0.3 is 9.84 Å². The van der Waals surface area contributed by atoms with Crippen molar-refractivity contribution in [3.8, 4) is 11.5 Å². The number of ketones is 1. The summed E-state index contributed by atoms with van der Waals surface area (Å²) in [5.41, 5.74) is 0.839. The number of methoxy groups -OCH3 is 1. The van der Waals surface area contributed by atoms with Crippen molar-refractivity contribution in [3.63, 3.8) is 0 Å². The number of carbonyl (C=O) groups is 1. The minimum absolute atomic E-state index is 0.190. The first-order chi connectivity index (χ1) is 8.58. The minimum Gasteiger partial charge on any atom is -0.504 e. The van der Waals surface area contributed by atoms with Gasteiger partial charge in [0.1, 0.15) is 5.78 Å². The van der Waals surface area contributed by atoms with E-state index in [-0.39, 0.29) is 11.7 Å². The first-order valence-corrected chi connectivity index (χ1v) is 6.45. The Hall–Kier alpha value is -1.51. The quantitative estimate of drug-likeness (QED) is 0.807. The van der Waals surface area contributed by atoms with E-state index in [4.69, 9.17) is 4.74 Å². The van der Waals surface area contributed by atoms with Crippen molar-refractivity contribution in [1.29, 1.82) is 0 Å². The van der Waals surface area contributed by atoms with Gasteiger partial charge in [-0.05, 0) is 30.4 Å². The first-order valence-electron chi connectivity index (χ1n) is 6.45. The molecule has 0 heterocycles. The molecule has 0 amide bonds. The summed E-state index contributed by atoms with van der Waals surface area (Å²) >= 11 is 0. The van der Waals surface area contributed by atoms with Gasteiger partial charge in [0.05, 0.1) is 7.11 Å². The number of hydrogen-bond acceptors (Lipinski definition) is 3. The predicted octanol–water partition coefficient (Wildman–Crippen LogP) is 3.34. The van der Waals surface area contributed by atoms with Gasteiger partial charge in [-0.25, -0.2) is 0 Å².